The number of nitrogens with one attached hydrogen (secondary N) is 1. The number of nitrogens with zero attached hydrogens (tertiary/aromatic N) is 1. The zero-order chi connectivity index (χ0) is 16.8. The van der Waals surface area contributed by atoms with E-state index >= 15 is 0 Å². The third-order valence-corrected chi connectivity index (χ3v) is 6.27. The van der Waals surface area contributed by atoms with Gasteiger partial charge in [-0.15, -0.1) is 0 Å². The molecule has 0 aromatic rings. The third kappa shape index (κ3) is 6.24. The highest BCUT2D eigenvalue weighted by molar-refractivity contribution is 7.89. The van der Waals surface area contributed by atoms with Gasteiger partial charge in [0.25, 0.3) is 0 Å². The van der Waals surface area contributed by atoms with Crippen LogP contribution in [0.15, 0.2) is 0 Å². The molecule has 0 radical (unpaired) electrons. The topological polar surface area (TPSA) is 66.5 Å². The second-order valence-corrected chi connectivity index (χ2v) is 9.07. The summed E-state index contributed by atoms with van der Waals surface area (Å²) < 4.78 is 25.1. The van der Waals surface area contributed by atoms with Crippen LogP contribution in [-0.4, -0.2) is 43.5 Å². The van der Waals surface area contributed by atoms with E-state index in [9.17, 15) is 13.2 Å². The van der Waals surface area contributed by atoms with Crippen molar-refractivity contribution in [1.29, 1.82) is 0 Å². The standard InChI is InChI=1S/C16H32N2O3S/c1-5-22(20,21)18-11-9-15(10-12-18)16(19)17-14(4)8-6-7-13(2)3/h13-15H,5-12H2,1-4H3,(H,17,19). The van der Waals surface area contributed by atoms with Crippen molar-refractivity contribution in [2.45, 2.75) is 65.8 Å². The zero-order valence-corrected chi connectivity index (χ0v) is 15.3. The zero-order valence-electron chi connectivity index (χ0n) is 14.5. The summed E-state index contributed by atoms with van der Waals surface area (Å²) in [6.07, 6.45) is 4.58. The Morgan fingerprint density at radius 3 is 2.27 bits per heavy atom. The maximum Gasteiger partial charge on any atom is 0.223 e. The SMILES string of the molecule is CCS(=O)(=O)N1CCC(C(=O)NC(C)CCCC(C)C)CC1. The molecule has 0 aliphatic carbocycles. The normalized spacial score (nSPS) is 19.3. The molecule has 1 unspecified atom stereocenters. The lowest BCUT2D eigenvalue weighted by molar-refractivity contribution is -0.126. The Bertz CT molecular complexity index is 440. The predicted molar refractivity (Wildman–Crippen MR) is 90.1 cm³/mol. The number of rotatable bonds is 8. The quantitative estimate of drug-likeness (QED) is 0.742. The molecule has 0 saturated carbocycles. The van der Waals surface area contributed by atoms with Gasteiger partial charge in [0.05, 0.1) is 5.75 Å². The Labute approximate surface area is 135 Å². The molecule has 1 fully saturated rings. The predicted octanol–water partition coefficient (Wildman–Crippen LogP) is 2.38. The van der Waals surface area contributed by atoms with Gasteiger partial charge in [-0.05, 0) is 39.0 Å². The smallest absolute Gasteiger partial charge is 0.223 e. The average molecular weight is 333 g/mol. The van der Waals surface area contributed by atoms with Gasteiger partial charge in [0.1, 0.15) is 0 Å². The van der Waals surface area contributed by atoms with Crippen LogP contribution in [0.1, 0.15) is 59.8 Å². The van der Waals surface area contributed by atoms with Crippen LogP contribution in [0.4, 0.5) is 0 Å². The van der Waals surface area contributed by atoms with Crippen molar-refractivity contribution in [3.05, 3.63) is 0 Å². The molecule has 0 spiro atoms. The number of hydrogen-bond donors (Lipinski definition) is 1. The fraction of sp³-hybridized carbons (Fsp3) is 0.938. The maximum absolute atomic E-state index is 12.3. The molecule has 1 N–H and O–H groups in total. The van der Waals surface area contributed by atoms with E-state index in [4.69, 9.17) is 0 Å². The second-order valence-electron chi connectivity index (χ2n) is 6.81. The monoisotopic (exact) mass is 332 g/mol. The van der Waals surface area contributed by atoms with Crippen molar-refractivity contribution in [2.24, 2.45) is 11.8 Å². The van der Waals surface area contributed by atoms with Crippen molar-refractivity contribution in [1.82, 2.24) is 9.62 Å². The first kappa shape index (κ1) is 19.4. The van der Waals surface area contributed by atoms with Crippen molar-refractivity contribution in [3.63, 3.8) is 0 Å². The Morgan fingerprint density at radius 2 is 1.77 bits per heavy atom. The summed E-state index contributed by atoms with van der Waals surface area (Å²) in [5, 5.41) is 3.08. The van der Waals surface area contributed by atoms with E-state index in [0.29, 0.717) is 31.8 Å². The number of amides is 1. The van der Waals surface area contributed by atoms with Crippen LogP contribution >= 0.6 is 0 Å². The summed E-state index contributed by atoms with van der Waals surface area (Å²) in [6.45, 7) is 9.07. The summed E-state index contributed by atoms with van der Waals surface area (Å²) in [6, 6.07) is 0.198. The number of hydrogen-bond acceptors (Lipinski definition) is 3. The number of piperidine rings is 1. The minimum absolute atomic E-state index is 0.0455. The second kappa shape index (κ2) is 8.87. The van der Waals surface area contributed by atoms with Crippen molar-refractivity contribution >= 4 is 15.9 Å². The highest BCUT2D eigenvalue weighted by Crippen LogP contribution is 2.20. The molecule has 22 heavy (non-hydrogen) atoms. The van der Waals surface area contributed by atoms with E-state index in [1.165, 1.54) is 10.7 Å². The number of carbonyl (C=O) groups is 1. The average Bonchev–Trinajstić information content (AvgIpc) is 2.46. The minimum Gasteiger partial charge on any atom is -0.353 e. The third-order valence-electron chi connectivity index (χ3n) is 4.39. The molecule has 6 heteroatoms. The molecule has 130 valence electrons. The van der Waals surface area contributed by atoms with E-state index in [-0.39, 0.29) is 23.6 Å². The van der Waals surface area contributed by atoms with Crippen LogP contribution in [0, 0.1) is 11.8 Å². The lowest BCUT2D eigenvalue weighted by Crippen LogP contribution is -2.45. The first-order chi connectivity index (χ1) is 10.3. The Morgan fingerprint density at radius 1 is 1.18 bits per heavy atom. The first-order valence-corrected chi connectivity index (χ1v) is 10.1. The summed E-state index contributed by atoms with van der Waals surface area (Å²) in [7, 11) is -3.11. The molecule has 0 aromatic heterocycles. The van der Waals surface area contributed by atoms with Gasteiger partial charge in [0, 0.05) is 25.0 Å². The van der Waals surface area contributed by atoms with Crippen molar-refractivity contribution in [2.75, 3.05) is 18.8 Å². The molecular weight excluding hydrogens is 300 g/mol. The molecule has 1 saturated heterocycles. The van der Waals surface area contributed by atoms with Crippen molar-refractivity contribution < 1.29 is 13.2 Å². The fourth-order valence-corrected chi connectivity index (χ4v) is 3.98. The fourth-order valence-electron chi connectivity index (χ4n) is 2.84. The Kier molecular flexibility index (Phi) is 7.83. The lowest BCUT2D eigenvalue weighted by Gasteiger charge is -2.30. The highest BCUT2D eigenvalue weighted by atomic mass is 32.2. The van der Waals surface area contributed by atoms with Gasteiger partial charge in [-0.2, -0.15) is 0 Å². The van der Waals surface area contributed by atoms with Crippen LogP contribution in [0.5, 0.6) is 0 Å². The molecule has 1 aliphatic rings. The largest absolute Gasteiger partial charge is 0.353 e. The van der Waals surface area contributed by atoms with Gasteiger partial charge in [0.2, 0.25) is 15.9 Å². The van der Waals surface area contributed by atoms with E-state index < -0.39 is 10.0 Å². The molecule has 0 aromatic carbocycles. The van der Waals surface area contributed by atoms with Crippen LogP contribution in [0.2, 0.25) is 0 Å². The maximum atomic E-state index is 12.3. The first-order valence-electron chi connectivity index (χ1n) is 8.54. The van der Waals surface area contributed by atoms with Gasteiger partial charge < -0.3 is 5.32 Å². The van der Waals surface area contributed by atoms with Gasteiger partial charge in [-0.3, -0.25) is 4.79 Å². The Balaban J connectivity index is 2.33. The molecule has 0 bridgehead atoms. The summed E-state index contributed by atoms with van der Waals surface area (Å²) in [5.41, 5.74) is 0. The van der Waals surface area contributed by atoms with Gasteiger partial charge in [-0.25, -0.2) is 12.7 Å². The molecule has 1 heterocycles. The van der Waals surface area contributed by atoms with Crippen molar-refractivity contribution in [3.8, 4) is 0 Å². The number of sulfonamides is 1. The van der Waals surface area contributed by atoms with E-state index in [2.05, 4.69) is 26.1 Å². The van der Waals surface area contributed by atoms with Crippen LogP contribution in [0.3, 0.4) is 0 Å². The molecule has 1 rings (SSSR count). The lowest BCUT2D eigenvalue weighted by atomic mass is 9.96. The van der Waals surface area contributed by atoms with E-state index in [0.717, 1.165) is 12.8 Å². The van der Waals surface area contributed by atoms with Gasteiger partial charge in [-0.1, -0.05) is 26.7 Å². The summed E-state index contributed by atoms with van der Waals surface area (Å²) in [4.78, 5) is 12.3. The molecular formula is C16H32N2O3S. The van der Waals surface area contributed by atoms with Gasteiger partial charge >= 0.3 is 0 Å². The summed E-state index contributed by atoms with van der Waals surface area (Å²) >= 11 is 0. The number of carbonyl (C=O) groups excluding carboxylic acids is 1. The molecule has 1 amide bonds. The van der Waals surface area contributed by atoms with Crippen LogP contribution in [0.25, 0.3) is 0 Å². The minimum atomic E-state index is -3.11. The molecule has 5 nitrogen and oxygen atoms in total. The summed E-state index contributed by atoms with van der Waals surface area (Å²) in [5.74, 6) is 0.880. The highest BCUT2D eigenvalue weighted by Gasteiger charge is 2.30. The van der Waals surface area contributed by atoms with E-state index in [1.807, 2.05) is 0 Å². The van der Waals surface area contributed by atoms with Crippen LogP contribution < -0.4 is 5.32 Å². The Hall–Kier alpha value is -0.620. The molecule has 1 atom stereocenters. The van der Waals surface area contributed by atoms with Gasteiger partial charge in [0.15, 0.2) is 0 Å². The van der Waals surface area contributed by atoms with E-state index in [1.54, 1.807) is 6.92 Å². The van der Waals surface area contributed by atoms with Crippen LogP contribution in [-0.2, 0) is 14.8 Å². The molecule has 1 aliphatic heterocycles.